The molecule has 0 saturated carbocycles. The molecular formula is C18H23N5. The molecule has 0 aliphatic heterocycles. The summed E-state index contributed by atoms with van der Waals surface area (Å²) in [6, 6.07) is 4.20. The Bertz CT molecular complexity index is 863. The monoisotopic (exact) mass is 309 g/mol. The maximum Gasteiger partial charge on any atom is 0.222 e. The predicted octanol–water partition coefficient (Wildman–Crippen LogP) is 3.67. The first-order chi connectivity index (χ1) is 11.2. The summed E-state index contributed by atoms with van der Waals surface area (Å²) in [5, 5.41) is 1.98. The van der Waals surface area contributed by atoms with Crippen LogP contribution in [0.4, 0.5) is 11.8 Å². The van der Waals surface area contributed by atoms with Crippen molar-refractivity contribution in [1.29, 1.82) is 0 Å². The summed E-state index contributed by atoms with van der Waals surface area (Å²) in [6.45, 7) is 6.83. The standard InChI is InChI=1S/C18H23N5/c1-3-5-6-7-12-11-14-15(17(19)22-18(20)21-14)13-8-10-23(9-4-2)16(12)13/h4,8,10-11H,2-3,5-7,9H2,1H3,(H4,19,20,21,22). The molecule has 0 fully saturated rings. The van der Waals surface area contributed by atoms with Gasteiger partial charge in [-0.1, -0.05) is 25.8 Å². The average molecular weight is 309 g/mol. The Hall–Kier alpha value is -2.56. The summed E-state index contributed by atoms with van der Waals surface area (Å²) in [5.41, 5.74) is 15.2. The Kier molecular flexibility index (Phi) is 4.19. The highest BCUT2D eigenvalue weighted by molar-refractivity contribution is 6.11. The molecule has 0 aliphatic carbocycles. The molecule has 3 rings (SSSR count). The van der Waals surface area contributed by atoms with Crippen LogP contribution in [0.1, 0.15) is 31.7 Å². The van der Waals surface area contributed by atoms with Crippen molar-refractivity contribution in [1.82, 2.24) is 14.5 Å². The summed E-state index contributed by atoms with van der Waals surface area (Å²) in [7, 11) is 0. The van der Waals surface area contributed by atoms with Crippen molar-refractivity contribution in [3.8, 4) is 0 Å². The van der Waals surface area contributed by atoms with Crippen LogP contribution in [-0.4, -0.2) is 14.5 Å². The van der Waals surface area contributed by atoms with Gasteiger partial charge in [-0.05, 0) is 30.5 Å². The summed E-state index contributed by atoms with van der Waals surface area (Å²) < 4.78 is 2.21. The molecule has 5 nitrogen and oxygen atoms in total. The van der Waals surface area contributed by atoms with Crippen molar-refractivity contribution in [2.45, 2.75) is 39.2 Å². The lowest BCUT2D eigenvalue weighted by atomic mass is 10.0. The molecule has 120 valence electrons. The highest BCUT2D eigenvalue weighted by atomic mass is 15.0. The van der Waals surface area contributed by atoms with Gasteiger partial charge in [-0.3, -0.25) is 0 Å². The Morgan fingerprint density at radius 1 is 1.26 bits per heavy atom. The fraction of sp³-hybridized carbons (Fsp3) is 0.333. The van der Waals surface area contributed by atoms with Crippen molar-refractivity contribution in [2.24, 2.45) is 0 Å². The zero-order valence-electron chi connectivity index (χ0n) is 13.5. The maximum atomic E-state index is 6.12. The molecule has 2 aromatic heterocycles. The van der Waals surface area contributed by atoms with Gasteiger partial charge in [0.05, 0.1) is 16.4 Å². The van der Waals surface area contributed by atoms with Crippen molar-refractivity contribution in [3.05, 3.63) is 36.5 Å². The molecule has 0 atom stereocenters. The van der Waals surface area contributed by atoms with Crippen LogP contribution in [0.2, 0.25) is 0 Å². The first-order valence-electron chi connectivity index (χ1n) is 8.10. The van der Waals surface area contributed by atoms with Crippen LogP contribution in [0.15, 0.2) is 31.0 Å². The van der Waals surface area contributed by atoms with E-state index in [1.807, 2.05) is 6.08 Å². The third-order valence-electron chi connectivity index (χ3n) is 4.21. The van der Waals surface area contributed by atoms with E-state index in [-0.39, 0.29) is 5.95 Å². The zero-order valence-corrected chi connectivity index (χ0v) is 13.5. The van der Waals surface area contributed by atoms with Crippen LogP contribution in [-0.2, 0) is 13.0 Å². The lowest BCUT2D eigenvalue weighted by molar-refractivity contribution is 0.717. The normalized spacial score (nSPS) is 11.3. The van der Waals surface area contributed by atoms with E-state index in [2.05, 4.69) is 46.4 Å². The average Bonchev–Trinajstić information content (AvgIpc) is 2.91. The first kappa shape index (κ1) is 15.3. The number of nitrogens with zero attached hydrogens (tertiary/aromatic N) is 3. The lowest BCUT2D eigenvalue weighted by Gasteiger charge is -2.12. The van der Waals surface area contributed by atoms with E-state index in [0.717, 1.165) is 35.7 Å². The van der Waals surface area contributed by atoms with Gasteiger partial charge in [-0.2, -0.15) is 4.98 Å². The largest absolute Gasteiger partial charge is 0.383 e. The fourth-order valence-corrected chi connectivity index (χ4v) is 3.21. The van der Waals surface area contributed by atoms with E-state index in [9.17, 15) is 0 Å². The van der Waals surface area contributed by atoms with Crippen LogP contribution in [0.5, 0.6) is 0 Å². The van der Waals surface area contributed by atoms with Crippen LogP contribution in [0.25, 0.3) is 21.8 Å². The second-order valence-corrected chi connectivity index (χ2v) is 5.87. The summed E-state index contributed by atoms with van der Waals surface area (Å²) in [6.07, 6.45) is 8.58. The van der Waals surface area contributed by atoms with Crippen molar-refractivity contribution >= 4 is 33.6 Å². The molecule has 4 N–H and O–H groups in total. The van der Waals surface area contributed by atoms with E-state index in [0.29, 0.717) is 5.82 Å². The molecule has 5 heteroatoms. The number of aryl methyl sites for hydroxylation is 1. The second kappa shape index (κ2) is 6.28. The zero-order chi connectivity index (χ0) is 16.4. The van der Waals surface area contributed by atoms with Crippen LogP contribution >= 0.6 is 0 Å². The van der Waals surface area contributed by atoms with E-state index < -0.39 is 0 Å². The van der Waals surface area contributed by atoms with Gasteiger partial charge in [0.1, 0.15) is 5.82 Å². The van der Waals surface area contributed by atoms with E-state index in [1.54, 1.807) is 0 Å². The summed E-state index contributed by atoms with van der Waals surface area (Å²) in [5.74, 6) is 0.661. The van der Waals surface area contributed by atoms with Crippen LogP contribution in [0, 0.1) is 0 Å². The fourth-order valence-electron chi connectivity index (χ4n) is 3.21. The number of nitrogen functional groups attached to an aromatic ring is 2. The highest BCUT2D eigenvalue weighted by Gasteiger charge is 2.14. The SMILES string of the molecule is C=CCn1ccc2c3c(N)nc(N)nc3cc(CCCCC)c21. The minimum absolute atomic E-state index is 0.222. The molecule has 23 heavy (non-hydrogen) atoms. The molecular weight excluding hydrogens is 286 g/mol. The number of benzene rings is 1. The van der Waals surface area contributed by atoms with Crippen LogP contribution in [0.3, 0.4) is 0 Å². The van der Waals surface area contributed by atoms with Gasteiger partial charge in [-0.15, -0.1) is 6.58 Å². The minimum Gasteiger partial charge on any atom is -0.383 e. The molecule has 1 aromatic carbocycles. The van der Waals surface area contributed by atoms with Gasteiger partial charge >= 0.3 is 0 Å². The van der Waals surface area contributed by atoms with Gasteiger partial charge in [0.15, 0.2) is 0 Å². The number of fused-ring (bicyclic) bond motifs is 3. The Morgan fingerprint density at radius 2 is 2.09 bits per heavy atom. The summed E-state index contributed by atoms with van der Waals surface area (Å²) in [4.78, 5) is 8.52. The van der Waals surface area contributed by atoms with E-state index >= 15 is 0 Å². The molecule has 2 heterocycles. The van der Waals surface area contributed by atoms with Crippen molar-refractivity contribution in [3.63, 3.8) is 0 Å². The Labute approximate surface area is 136 Å². The smallest absolute Gasteiger partial charge is 0.222 e. The van der Waals surface area contributed by atoms with Crippen LogP contribution < -0.4 is 11.5 Å². The van der Waals surface area contributed by atoms with Gasteiger partial charge in [0, 0.05) is 18.1 Å². The number of aromatic nitrogens is 3. The van der Waals surface area contributed by atoms with Gasteiger partial charge in [-0.25, -0.2) is 4.98 Å². The molecule has 0 aliphatic rings. The number of nitrogens with two attached hydrogens (primary N) is 2. The summed E-state index contributed by atoms with van der Waals surface area (Å²) >= 11 is 0. The number of hydrogen-bond acceptors (Lipinski definition) is 4. The van der Waals surface area contributed by atoms with Crippen molar-refractivity contribution in [2.75, 3.05) is 11.5 Å². The molecule has 0 bridgehead atoms. The number of unbranched alkanes of at least 4 members (excludes halogenated alkanes) is 2. The lowest BCUT2D eigenvalue weighted by Crippen LogP contribution is -2.03. The van der Waals surface area contributed by atoms with E-state index in [1.165, 1.54) is 23.9 Å². The molecule has 0 unspecified atom stereocenters. The van der Waals surface area contributed by atoms with Gasteiger partial charge in [0.2, 0.25) is 5.95 Å². The number of anilines is 2. The Morgan fingerprint density at radius 3 is 2.83 bits per heavy atom. The maximum absolute atomic E-state index is 6.12. The predicted molar refractivity (Wildman–Crippen MR) is 97.3 cm³/mol. The Balaban J connectivity index is 2.28. The van der Waals surface area contributed by atoms with Gasteiger partial charge < -0.3 is 16.0 Å². The molecule has 3 aromatic rings. The number of allylic oxidation sites excluding steroid dienone is 1. The second-order valence-electron chi connectivity index (χ2n) is 5.87. The number of hydrogen-bond donors (Lipinski definition) is 2. The first-order valence-corrected chi connectivity index (χ1v) is 8.10. The molecule has 0 spiro atoms. The molecule has 0 saturated heterocycles. The highest BCUT2D eigenvalue weighted by Crippen LogP contribution is 2.33. The third kappa shape index (κ3) is 2.74. The minimum atomic E-state index is 0.222. The number of rotatable bonds is 6. The molecule has 0 amide bonds. The third-order valence-corrected chi connectivity index (χ3v) is 4.21. The van der Waals surface area contributed by atoms with Gasteiger partial charge in [0.25, 0.3) is 0 Å². The quantitative estimate of drug-likeness (QED) is 0.537. The topological polar surface area (TPSA) is 82.8 Å². The molecule has 0 radical (unpaired) electrons. The van der Waals surface area contributed by atoms with Crippen molar-refractivity contribution < 1.29 is 0 Å². The van der Waals surface area contributed by atoms with E-state index in [4.69, 9.17) is 11.5 Å².